The number of nitrogens with one attached hydrogen (secondary N) is 1. The van der Waals surface area contributed by atoms with Crippen molar-refractivity contribution in [3.8, 4) is 0 Å². The third kappa shape index (κ3) is 4.97. The number of nitrogens with zero attached hydrogens (tertiary/aromatic N) is 2. The summed E-state index contributed by atoms with van der Waals surface area (Å²) < 4.78 is 5.47. The first-order valence-corrected chi connectivity index (χ1v) is 8.86. The average molecular weight is 324 g/mol. The lowest BCUT2D eigenvalue weighted by molar-refractivity contribution is 0.0187. The second-order valence-electron chi connectivity index (χ2n) is 5.79. The molecule has 0 radical (unpaired) electrons. The van der Waals surface area contributed by atoms with Crippen molar-refractivity contribution in [1.82, 2.24) is 10.2 Å². The van der Waals surface area contributed by atoms with Crippen LogP contribution in [0.1, 0.15) is 36.1 Å². The first-order valence-electron chi connectivity index (χ1n) is 8.04. The van der Waals surface area contributed by atoms with E-state index >= 15 is 0 Å². The van der Waals surface area contributed by atoms with E-state index in [1.165, 1.54) is 9.75 Å². The van der Waals surface area contributed by atoms with Gasteiger partial charge in [-0.25, -0.2) is 0 Å². The van der Waals surface area contributed by atoms with E-state index < -0.39 is 0 Å². The Hall–Kier alpha value is -1.11. The molecule has 0 saturated carbocycles. The molecule has 6 heteroatoms. The summed E-state index contributed by atoms with van der Waals surface area (Å²) >= 11 is 1.85. The number of ether oxygens (including phenoxy) is 1. The standard InChI is InChI=1S/C16H28N4OS/c1-4-12(2)19-16(17)18-11-14(15-6-5-13(3)22-15)20-7-9-21-10-8-20/h5-6,12,14H,4,7-11H2,1-3H3,(H3,17,18,19). The Kier molecular flexibility index (Phi) is 6.67. The third-order valence-corrected chi connectivity index (χ3v) is 5.12. The van der Waals surface area contributed by atoms with Gasteiger partial charge >= 0.3 is 0 Å². The predicted molar refractivity (Wildman–Crippen MR) is 93.6 cm³/mol. The van der Waals surface area contributed by atoms with Crippen LogP contribution in [0.4, 0.5) is 0 Å². The van der Waals surface area contributed by atoms with Crippen LogP contribution in [-0.2, 0) is 4.74 Å². The average Bonchev–Trinajstić information content (AvgIpc) is 2.94. The number of aryl methyl sites for hydroxylation is 1. The van der Waals surface area contributed by atoms with Crippen LogP contribution in [0.25, 0.3) is 0 Å². The Labute approximate surface area is 137 Å². The minimum atomic E-state index is 0.292. The minimum Gasteiger partial charge on any atom is -0.379 e. The lowest BCUT2D eigenvalue weighted by Gasteiger charge is -2.33. The van der Waals surface area contributed by atoms with Crippen molar-refractivity contribution >= 4 is 17.3 Å². The van der Waals surface area contributed by atoms with E-state index in [0.29, 0.717) is 24.6 Å². The zero-order chi connectivity index (χ0) is 15.9. The fraction of sp³-hybridized carbons (Fsp3) is 0.688. The Morgan fingerprint density at radius 3 is 2.77 bits per heavy atom. The first-order chi connectivity index (χ1) is 10.6. The predicted octanol–water partition coefficient (Wildman–Crippen LogP) is 2.13. The van der Waals surface area contributed by atoms with Crippen LogP contribution in [-0.4, -0.2) is 49.7 Å². The monoisotopic (exact) mass is 324 g/mol. The number of guanidine groups is 1. The van der Waals surface area contributed by atoms with Crippen molar-refractivity contribution in [2.24, 2.45) is 10.7 Å². The normalized spacial score (nSPS) is 19.9. The van der Waals surface area contributed by atoms with Crippen molar-refractivity contribution < 1.29 is 4.74 Å². The van der Waals surface area contributed by atoms with Crippen molar-refractivity contribution in [3.63, 3.8) is 0 Å². The van der Waals surface area contributed by atoms with Gasteiger partial charge in [-0.1, -0.05) is 6.92 Å². The fourth-order valence-electron chi connectivity index (χ4n) is 2.49. The molecule has 0 aliphatic carbocycles. The maximum Gasteiger partial charge on any atom is 0.188 e. The lowest BCUT2D eigenvalue weighted by atomic mass is 10.2. The van der Waals surface area contributed by atoms with Gasteiger partial charge in [0.2, 0.25) is 0 Å². The third-order valence-electron chi connectivity index (χ3n) is 4.02. The van der Waals surface area contributed by atoms with E-state index in [-0.39, 0.29) is 0 Å². The van der Waals surface area contributed by atoms with Gasteiger partial charge in [0.05, 0.1) is 25.8 Å². The van der Waals surface area contributed by atoms with Crippen LogP contribution < -0.4 is 11.1 Å². The number of thiophene rings is 1. The highest BCUT2D eigenvalue weighted by molar-refractivity contribution is 7.12. The summed E-state index contributed by atoms with van der Waals surface area (Å²) in [4.78, 5) is 9.73. The van der Waals surface area contributed by atoms with Crippen LogP contribution in [0, 0.1) is 6.92 Å². The van der Waals surface area contributed by atoms with Gasteiger partial charge in [-0.05, 0) is 32.4 Å². The molecule has 0 bridgehead atoms. The molecular weight excluding hydrogens is 296 g/mol. The summed E-state index contributed by atoms with van der Waals surface area (Å²) in [5.74, 6) is 0.542. The molecule has 1 fully saturated rings. The molecule has 0 amide bonds. The van der Waals surface area contributed by atoms with E-state index in [1.54, 1.807) is 0 Å². The van der Waals surface area contributed by atoms with Gasteiger partial charge in [0.1, 0.15) is 0 Å². The number of morpholine rings is 1. The quantitative estimate of drug-likeness (QED) is 0.621. The zero-order valence-electron chi connectivity index (χ0n) is 13.8. The van der Waals surface area contributed by atoms with Crippen molar-refractivity contribution in [2.75, 3.05) is 32.8 Å². The van der Waals surface area contributed by atoms with Crippen molar-refractivity contribution in [1.29, 1.82) is 0 Å². The van der Waals surface area contributed by atoms with Crippen molar-refractivity contribution in [2.45, 2.75) is 39.3 Å². The van der Waals surface area contributed by atoms with Gasteiger partial charge in [0, 0.05) is 28.9 Å². The zero-order valence-corrected chi connectivity index (χ0v) is 14.7. The number of rotatable bonds is 6. The molecule has 1 aromatic heterocycles. The Balaban J connectivity index is 2.05. The molecule has 2 heterocycles. The molecule has 22 heavy (non-hydrogen) atoms. The van der Waals surface area contributed by atoms with Crippen molar-refractivity contribution in [3.05, 3.63) is 21.9 Å². The van der Waals surface area contributed by atoms with Crippen LogP contribution in [0.5, 0.6) is 0 Å². The molecule has 5 nitrogen and oxygen atoms in total. The second kappa shape index (κ2) is 8.50. The van der Waals surface area contributed by atoms with Crippen LogP contribution in [0.2, 0.25) is 0 Å². The molecule has 1 aromatic rings. The van der Waals surface area contributed by atoms with E-state index in [1.807, 2.05) is 11.3 Å². The van der Waals surface area contributed by atoms with E-state index in [4.69, 9.17) is 10.5 Å². The van der Waals surface area contributed by atoms with E-state index in [9.17, 15) is 0 Å². The van der Waals surface area contributed by atoms with Gasteiger partial charge in [-0.3, -0.25) is 9.89 Å². The Bertz CT molecular complexity index is 482. The Morgan fingerprint density at radius 2 is 2.18 bits per heavy atom. The van der Waals surface area contributed by atoms with Gasteiger partial charge in [0.25, 0.3) is 0 Å². The Morgan fingerprint density at radius 1 is 1.45 bits per heavy atom. The summed E-state index contributed by atoms with van der Waals surface area (Å²) in [5.41, 5.74) is 6.01. The molecular formula is C16H28N4OS. The molecule has 0 aromatic carbocycles. The number of nitrogens with two attached hydrogens (primary N) is 1. The smallest absolute Gasteiger partial charge is 0.188 e. The van der Waals surface area contributed by atoms with E-state index in [0.717, 1.165) is 32.7 Å². The largest absolute Gasteiger partial charge is 0.379 e. The van der Waals surface area contributed by atoms with Crippen LogP contribution in [0.3, 0.4) is 0 Å². The fourth-order valence-corrected chi connectivity index (χ4v) is 3.50. The molecule has 1 saturated heterocycles. The highest BCUT2D eigenvalue weighted by atomic mass is 32.1. The number of hydrogen-bond acceptors (Lipinski definition) is 4. The number of aliphatic imine (C=N–C) groups is 1. The van der Waals surface area contributed by atoms with Gasteiger partial charge in [0.15, 0.2) is 5.96 Å². The molecule has 124 valence electrons. The molecule has 3 N–H and O–H groups in total. The summed E-state index contributed by atoms with van der Waals surface area (Å²) in [6, 6.07) is 5.04. The first kappa shape index (κ1) is 17.2. The maximum absolute atomic E-state index is 6.01. The number of hydrogen-bond donors (Lipinski definition) is 2. The van der Waals surface area contributed by atoms with Crippen LogP contribution in [0.15, 0.2) is 17.1 Å². The van der Waals surface area contributed by atoms with Crippen LogP contribution >= 0.6 is 11.3 Å². The maximum atomic E-state index is 6.01. The van der Waals surface area contributed by atoms with Gasteiger partial charge in [-0.15, -0.1) is 11.3 Å². The topological polar surface area (TPSA) is 62.9 Å². The second-order valence-corrected chi connectivity index (χ2v) is 7.11. The summed E-state index contributed by atoms with van der Waals surface area (Å²) in [5, 5.41) is 3.23. The highest BCUT2D eigenvalue weighted by Crippen LogP contribution is 2.28. The lowest BCUT2D eigenvalue weighted by Crippen LogP contribution is -2.41. The summed E-state index contributed by atoms with van der Waals surface area (Å²) in [6.07, 6.45) is 1.03. The molecule has 1 aliphatic rings. The molecule has 1 aliphatic heterocycles. The molecule has 2 atom stereocenters. The van der Waals surface area contributed by atoms with E-state index in [2.05, 4.69) is 48.1 Å². The molecule has 2 unspecified atom stereocenters. The van der Waals surface area contributed by atoms with Gasteiger partial charge in [-0.2, -0.15) is 0 Å². The molecule has 2 rings (SSSR count). The minimum absolute atomic E-state index is 0.292. The summed E-state index contributed by atoms with van der Waals surface area (Å²) in [6.45, 7) is 10.6. The SMILES string of the molecule is CCC(C)NC(N)=NCC(c1ccc(C)s1)N1CCOCC1. The highest BCUT2D eigenvalue weighted by Gasteiger charge is 2.23. The molecule has 0 spiro atoms. The summed E-state index contributed by atoms with van der Waals surface area (Å²) in [7, 11) is 0. The van der Waals surface area contributed by atoms with Gasteiger partial charge < -0.3 is 15.8 Å².